The molecule has 1 saturated heterocycles. The molecule has 5 rings (SSSR count). The first-order chi connectivity index (χ1) is 29.0. The van der Waals surface area contributed by atoms with Gasteiger partial charge in [0.15, 0.2) is 10.8 Å². The number of aliphatic carboxylic acids is 1. The van der Waals surface area contributed by atoms with E-state index in [1.54, 1.807) is 18.6 Å². The maximum atomic E-state index is 14.3. The Labute approximate surface area is 358 Å². The Hall–Kier alpha value is -5.98. The van der Waals surface area contributed by atoms with Gasteiger partial charge < -0.3 is 38.7 Å². The van der Waals surface area contributed by atoms with E-state index in [1.165, 1.54) is 63.7 Å². The van der Waals surface area contributed by atoms with Gasteiger partial charge in [-0.2, -0.15) is 18.4 Å². The summed E-state index contributed by atoms with van der Waals surface area (Å²) in [5.74, 6) is -3.13. The van der Waals surface area contributed by atoms with Gasteiger partial charge in [0.1, 0.15) is 11.6 Å². The van der Waals surface area contributed by atoms with E-state index in [0.717, 1.165) is 31.7 Å². The minimum Gasteiger partial charge on any atom is -0.489 e. The molecule has 0 atom stereocenters. The molecule has 2 aromatic heterocycles. The van der Waals surface area contributed by atoms with Crippen molar-refractivity contribution in [2.45, 2.75) is 50.7 Å². The van der Waals surface area contributed by atoms with Crippen molar-refractivity contribution in [2.24, 2.45) is 0 Å². The van der Waals surface area contributed by atoms with Gasteiger partial charge in [-0.15, -0.1) is 0 Å². The summed E-state index contributed by atoms with van der Waals surface area (Å²) in [6.45, 7) is 2.83. The number of anilines is 2. The van der Waals surface area contributed by atoms with Gasteiger partial charge in [-0.25, -0.2) is 28.6 Å². The third kappa shape index (κ3) is 14.6. The number of pyridine rings is 1. The normalized spacial score (nSPS) is 13.8. The van der Waals surface area contributed by atoms with E-state index >= 15 is 0 Å². The lowest BCUT2D eigenvalue weighted by Gasteiger charge is -2.18. The van der Waals surface area contributed by atoms with Crippen molar-refractivity contribution in [3.63, 3.8) is 0 Å². The number of halogens is 2. The molecule has 1 aliphatic carbocycles. The molecule has 62 heavy (non-hydrogen) atoms. The number of urea groups is 1. The molecule has 2 fully saturated rings. The number of benzene rings is 1. The molecular formula is C35H43ClFN8O15PS. The second kappa shape index (κ2) is 22.2. The summed E-state index contributed by atoms with van der Waals surface area (Å²) in [5.41, 5.74) is 0.124. The number of methoxy groups -OCH3 is 2. The third-order valence-electron chi connectivity index (χ3n) is 7.87. The summed E-state index contributed by atoms with van der Waals surface area (Å²) in [4.78, 5) is 88.1. The Morgan fingerprint density at radius 3 is 2.19 bits per heavy atom. The number of imide groups is 1. The van der Waals surface area contributed by atoms with Gasteiger partial charge in [0.05, 0.1) is 55.5 Å². The van der Waals surface area contributed by atoms with E-state index in [1.807, 2.05) is 0 Å². The number of carboxylic acids is 1. The highest BCUT2D eigenvalue weighted by molar-refractivity contribution is 7.90. The lowest BCUT2D eigenvalue weighted by molar-refractivity contribution is -0.135. The van der Waals surface area contributed by atoms with Gasteiger partial charge in [0, 0.05) is 26.4 Å². The molecule has 6 N–H and O–H groups in total. The molecule has 27 heteroatoms. The minimum absolute atomic E-state index is 0.00962. The Bertz CT molecular complexity index is 2340. The van der Waals surface area contributed by atoms with E-state index in [2.05, 4.69) is 25.6 Å². The van der Waals surface area contributed by atoms with Crippen LogP contribution in [0.5, 0.6) is 17.5 Å². The number of amides is 5. The lowest BCUT2D eigenvalue weighted by atomic mass is 10.2. The molecule has 1 aliphatic heterocycles. The number of sulfonamides is 1. The van der Waals surface area contributed by atoms with Crippen LogP contribution < -0.4 is 34.5 Å². The smallest absolute Gasteiger partial charge is 0.427 e. The number of hydrogen-bond acceptors (Lipinski definition) is 16. The molecule has 338 valence electrons. The summed E-state index contributed by atoms with van der Waals surface area (Å²) in [6, 6.07) is 5.23. The molecule has 0 unspecified atom stereocenters. The average Bonchev–Trinajstić information content (AvgIpc) is 3.81. The van der Waals surface area contributed by atoms with Crippen LogP contribution in [0, 0.1) is 5.82 Å². The van der Waals surface area contributed by atoms with Crippen molar-refractivity contribution in [1.82, 2.24) is 29.9 Å². The number of aromatic nitrogens is 3. The van der Waals surface area contributed by atoms with Crippen molar-refractivity contribution >= 4 is 70.8 Å². The molecule has 1 aromatic carbocycles. The largest absolute Gasteiger partial charge is 0.489 e. The van der Waals surface area contributed by atoms with Crippen molar-refractivity contribution in [2.75, 3.05) is 51.4 Å². The molecule has 1 saturated carbocycles. The highest BCUT2D eigenvalue weighted by atomic mass is 35.5. The zero-order valence-corrected chi connectivity index (χ0v) is 36.3. The molecule has 23 nitrogen and oxygen atoms in total. The second-order valence-electron chi connectivity index (χ2n) is 13.1. The number of carbonyl (C=O) groups excluding carboxylic acids is 4. The van der Waals surface area contributed by atoms with Crippen molar-refractivity contribution in [1.29, 1.82) is 0 Å². The van der Waals surface area contributed by atoms with Gasteiger partial charge in [0.2, 0.25) is 17.7 Å². The molecule has 5 amide bonds. The van der Waals surface area contributed by atoms with E-state index in [0.29, 0.717) is 10.5 Å². The van der Waals surface area contributed by atoms with Crippen LogP contribution >= 0.6 is 19.2 Å². The number of nitrogens with one attached hydrogen (secondary N) is 3. The number of hydrogen-bond donors (Lipinski definition) is 6. The first-order valence-corrected chi connectivity index (χ1v) is 21.5. The van der Waals surface area contributed by atoms with Crippen LogP contribution in [0.2, 0.25) is 5.02 Å². The van der Waals surface area contributed by atoms with Gasteiger partial charge in [-0.1, -0.05) is 11.6 Å². The topological polar surface area (TPSA) is 315 Å². The number of ether oxygens (including phenoxy) is 4. The SMILES string of the molecule is CC(C)=C1OC(=O)N(c2cc(OC3CCCC3)c(Cl)cc2F)C1=O.COc1cc(OC)nc(NC(=O)NS(=O)(=O)c2ncccc2C(=O)N(C)C)n1.O=C(O)CNCP(=O)(O)O. The Kier molecular flexibility index (Phi) is 18.0. The number of rotatable bonds is 13. The summed E-state index contributed by atoms with van der Waals surface area (Å²) >= 11 is 6.04. The van der Waals surface area contributed by atoms with E-state index in [-0.39, 0.29) is 51.6 Å². The number of carboxylic acid groups (broad SMARTS) is 1. The maximum Gasteiger partial charge on any atom is 0.427 e. The molecule has 0 bridgehead atoms. The van der Waals surface area contributed by atoms with Crippen molar-refractivity contribution < 1.29 is 75.2 Å². The number of nitrogens with zero attached hydrogens (tertiary/aromatic N) is 5. The highest BCUT2D eigenvalue weighted by Crippen LogP contribution is 2.37. The standard InChI is InChI=1S/C17H17ClFNO4.C15H18N6O6S.C3H8NO5P/c1-9(2)15-16(21)20(17(22)24-15)13-8-14(11(18)7-12(13)19)23-10-5-3-4-6-10;1-21(2)13(22)9-6-5-7-16-12(9)28(24,25)20-15(23)19-14-17-10(26-3)8-11(18-14)27-4;5-3(6)1-4-2-10(7,8)9/h7-8,10H,3-6H2,1-2H3;5-8H,1-4H3,(H2,17,18,19,20,23);4H,1-2H2,(H,5,6)(H2,7,8,9). The Morgan fingerprint density at radius 1 is 1.06 bits per heavy atom. The maximum absolute atomic E-state index is 14.3. The Balaban J connectivity index is 0.000000274. The van der Waals surface area contributed by atoms with Crippen molar-refractivity contribution in [3.05, 3.63) is 64.3 Å². The molecule has 3 aromatic rings. The fraction of sp³-hybridized carbons (Fsp3) is 0.371. The number of cyclic esters (lactones) is 1. The van der Waals surface area contributed by atoms with Gasteiger partial charge in [-0.3, -0.25) is 29.6 Å². The fourth-order valence-corrected chi connectivity index (χ4v) is 6.77. The molecule has 3 heterocycles. The predicted molar refractivity (Wildman–Crippen MR) is 216 cm³/mol. The fourth-order valence-electron chi connectivity index (χ4n) is 5.13. The highest BCUT2D eigenvalue weighted by Gasteiger charge is 2.40. The number of carbonyl (C=O) groups is 5. The first kappa shape index (κ1) is 50.4. The zero-order chi connectivity index (χ0) is 46.5. The Morgan fingerprint density at radius 2 is 1.68 bits per heavy atom. The third-order valence-corrected chi connectivity index (χ3v) is 10.1. The summed E-state index contributed by atoms with van der Waals surface area (Å²) in [6.07, 6.45) is 3.59. The molecule has 0 spiro atoms. The van der Waals surface area contributed by atoms with Crippen LogP contribution in [0.1, 0.15) is 49.9 Å². The average molecular weight is 933 g/mol. The quantitative estimate of drug-likeness (QED) is 0.106. The van der Waals surface area contributed by atoms with E-state index in [9.17, 15) is 41.3 Å². The molecule has 0 radical (unpaired) electrons. The van der Waals surface area contributed by atoms with Gasteiger partial charge in [-0.05, 0) is 63.3 Å². The van der Waals surface area contributed by atoms with E-state index < -0.39 is 71.2 Å². The van der Waals surface area contributed by atoms with Crippen LogP contribution in [0.4, 0.5) is 25.6 Å². The summed E-state index contributed by atoms with van der Waals surface area (Å²) < 4.78 is 71.8. The van der Waals surface area contributed by atoms with Crippen molar-refractivity contribution in [3.8, 4) is 17.5 Å². The van der Waals surface area contributed by atoms with Gasteiger partial charge >= 0.3 is 31.6 Å². The van der Waals surface area contributed by atoms with E-state index in [4.69, 9.17) is 45.4 Å². The molecular weight excluding hydrogens is 890 g/mol. The minimum atomic E-state index is -4.46. The van der Waals surface area contributed by atoms with Crippen LogP contribution in [0.3, 0.4) is 0 Å². The monoisotopic (exact) mass is 932 g/mol. The lowest BCUT2D eigenvalue weighted by Crippen LogP contribution is -2.36. The number of allylic oxidation sites excluding steroid dienone is 1. The van der Waals surface area contributed by atoms with Crippen LogP contribution in [-0.4, -0.2) is 120 Å². The van der Waals surface area contributed by atoms with Crippen LogP contribution in [0.25, 0.3) is 0 Å². The second-order valence-corrected chi connectivity index (χ2v) is 16.8. The van der Waals surface area contributed by atoms with Crippen LogP contribution in [-0.2, 0) is 28.9 Å². The van der Waals surface area contributed by atoms with Crippen LogP contribution in [0.15, 0.2) is 52.9 Å². The first-order valence-electron chi connectivity index (χ1n) is 17.8. The van der Waals surface area contributed by atoms with Gasteiger partial charge in [0.25, 0.3) is 15.9 Å². The zero-order valence-electron chi connectivity index (χ0n) is 33.9. The predicted octanol–water partition coefficient (Wildman–Crippen LogP) is 3.47. The molecule has 2 aliphatic rings. The summed E-state index contributed by atoms with van der Waals surface area (Å²) in [7, 11) is -2.94. The summed E-state index contributed by atoms with van der Waals surface area (Å²) in [5, 5.41) is 11.7.